The summed E-state index contributed by atoms with van der Waals surface area (Å²) in [5.74, 6) is -9.38. The Morgan fingerprint density at radius 2 is 1.00 bits per heavy atom. The lowest BCUT2D eigenvalue weighted by molar-refractivity contribution is -0.140. The third kappa shape index (κ3) is 20.6. The number of nitrogens with zero attached hydrogens (tertiary/aromatic N) is 4. The SMILES string of the molecule is O=C(O)CSC[C@H](NC(=O)N[C@@H](Cc1ccc(NC(=O)[C@H](Cc2c3ccccc3cc3ccccc23)NC(=O)C2CCC(CNC(=O)CN3CCN(CC(=O)O)CCN(CC(=O)O)CCN(CC(=O)O)CC3)CC2)cc1)C(=O)O)C(=O)O. The van der Waals surface area contributed by atoms with Gasteiger partial charge in [0.15, 0.2) is 0 Å². The van der Waals surface area contributed by atoms with Gasteiger partial charge in [-0.2, -0.15) is 0 Å². The zero-order chi connectivity index (χ0) is 59.3. The van der Waals surface area contributed by atoms with E-state index in [1.54, 1.807) is 39.0 Å². The Labute approximate surface area is 476 Å². The summed E-state index contributed by atoms with van der Waals surface area (Å²) < 4.78 is 0. The van der Waals surface area contributed by atoms with Gasteiger partial charge in [0.25, 0.3) is 0 Å². The number of amides is 5. The second-order valence-corrected chi connectivity index (χ2v) is 21.6. The maximum atomic E-state index is 14.5. The number of benzene rings is 4. The van der Waals surface area contributed by atoms with Crippen molar-refractivity contribution in [2.24, 2.45) is 11.8 Å². The van der Waals surface area contributed by atoms with Gasteiger partial charge in [-0.15, -0.1) is 11.8 Å². The van der Waals surface area contributed by atoms with Crippen molar-refractivity contribution in [2.45, 2.75) is 56.7 Å². The van der Waals surface area contributed by atoms with Crippen LogP contribution < -0.4 is 26.6 Å². The van der Waals surface area contributed by atoms with Crippen LogP contribution in [0.1, 0.15) is 36.8 Å². The number of hydrogen-bond donors (Lipinski definition) is 11. The van der Waals surface area contributed by atoms with E-state index in [0.29, 0.717) is 56.6 Å². The van der Waals surface area contributed by atoms with E-state index in [4.69, 9.17) is 5.11 Å². The number of thioether (sulfide) groups is 1. The zero-order valence-corrected chi connectivity index (χ0v) is 46.0. The molecule has 4 aromatic rings. The molecule has 82 heavy (non-hydrogen) atoms. The Balaban J connectivity index is 1.08. The number of fused-ring (bicyclic) bond motifs is 2. The molecule has 0 unspecified atom stereocenters. The molecule has 1 saturated carbocycles. The predicted molar refractivity (Wildman–Crippen MR) is 302 cm³/mol. The van der Waals surface area contributed by atoms with E-state index in [1.807, 2.05) is 53.4 Å². The summed E-state index contributed by atoms with van der Waals surface area (Å²) in [7, 11) is 0. The molecule has 2 fully saturated rings. The fourth-order valence-corrected chi connectivity index (χ4v) is 10.9. The van der Waals surface area contributed by atoms with Crippen LogP contribution in [0.3, 0.4) is 0 Å². The molecule has 0 radical (unpaired) electrons. The largest absolute Gasteiger partial charge is 0.481 e. The number of urea groups is 1. The van der Waals surface area contributed by atoms with E-state index < -0.39 is 77.6 Å². The Hall–Kier alpha value is -7.91. The molecule has 442 valence electrons. The molecule has 1 aliphatic carbocycles. The van der Waals surface area contributed by atoms with E-state index in [0.717, 1.165) is 38.9 Å². The average Bonchev–Trinajstić information content (AvgIpc) is 3.21. The van der Waals surface area contributed by atoms with Crippen molar-refractivity contribution < 1.29 is 78.6 Å². The predicted octanol–water partition coefficient (Wildman–Crippen LogP) is 1.62. The number of aliphatic carboxylic acids is 6. The normalized spacial score (nSPS) is 18.1. The van der Waals surface area contributed by atoms with Crippen molar-refractivity contribution in [3.8, 4) is 0 Å². The molecule has 1 saturated heterocycles. The van der Waals surface area contributed by atoms with Gasteiger partial charge in [-0.05, 0) is 82.5 Å². The second kappa shape index (κ2) is 31.3. The highest BCUT2D eigenvalue weighted by molar-refractivity contribution is 8.00. The molecule has 5 amide bonds. The molecule has 2 aliphatic rings. The number of rotatable bonds is 26. The first-order valence-corrected chi connectivity index (χ1v) is 28.1. The third-order valence-corrected chi connectivity index (χ3v) is 15.5. The van der Waals surface area contributed by atoms with E-state index in [9.17, 15) is 73.5 Å². The Morgan fingerprint density at radius 3 is 1.48 bits per heavy atom. The summed E-state index contributed by atoms with van der Waals surface area (Å²) >= 11 is 0.765. The lowest BCUT2D eigenvalue weighted by Crippen LogP contribution is -2.52. The van der Waals surface area contributed by atoms with E-state index in [2.05, 4.69) is 32.7 Å². The third-order valence-electron chi connectivity index (χ3n) is 14.5. The van der Waals surface area contributed by atoms with Gasteiger partial charge in [-0.3, -0.25) is 53.2 Å². The van der Waals surface area contributed by atoms with Crippen LogP contribution in [0.4, 0.5) is 10.5 Å². The van der Waals surface area contributed by atoms with Gasteiger partial charge in [-0.25, -0.2) is 14.4 Å². The van der Waals surface area contributed by atoms with Crippen LogP contribution in [0.25, 0.3) is 21.5 Å². The number of nitrogens with one attached hydrogen (secondary N) is 5. The number of carbonyl (C=O) groups excluding carboxylic acids is 4. The molecule has 26 heteroatoms. The summed E-state index contributed by atoms with van der Waals surface area (Å²) in [6.07, 6.45) is 2.06. The molecule has 4 aromatic carbocycles. The first-order valence-electron chi connectivity index (χ1n) is 26.9. The summed E-state index contributed by atoms with van der Waals surface area (Å²) in [5, 5.41) is 74.0. The van der Waals surface area contributed by atoms with E-state index in [-0.39, 0.29) is 102 Å². The first kappa shape index (κ1) is 63.3. The number of carbonyl (C=O) groups is 10. The highest BCUT2D eigenvalue weighted by Gasteiger charge is 2.32. The van der Waals surface area contributed by atoms with Crippen LogP contribution in [0.2, 0.25) is 0 Å². The molecule has 6 rings (SSSR count). The maximum Gasteiger partial charge on any atom is 0.327 e. The number of carboxylic acid groups (broad SMARTS) is 6. The van der Waals surface area contributed by atoms with Crippen molar-refractivity contribution in [1.29, 1.82) is 0 Å². The maximum absolute atomic E-state index is 14.5. The number of hydrogen-bond acceptors (Lipinski definition) is 15. The summed E-state index contributed by atoms with van der Waals surface area (Å²) in [6, 6.07) is 18.6. The zero-order valence-electron chi connectivity index (χ0n) is 45.2. The van der Waals surface area contributed by atoms with Gasteiger partial charge in [0.05, 0.1) is 31.9 Å². The molecule has 25 nitrogen and oxygen atoms in total. The standard InChI is InChI=1S/C56H71N9O16S/c66-47(29-62-17-19-63(30-48(67)68)21-23-65(32-50(71)72)24-22-64(20-18-62)31-49(69)70)57-28-36-9-13-37(14-10-36)52(75)59-44(27-43-41-7-3-1-5-38(41)26-39-6-2-4-8-42(39)43)53(76)58-40-15-11-35(12-16-40)25-45(54(77)78)60-56(81)61-46(55(79)80)33-82-34-51(73)74/h1-8,11-12,15-16,26,36-37,44-46H,9-10,13-14,17-25,27-34H2,(H,57,66)(H,58,76)(H,59,75)(H,67,68)(H,69,70)(H,71,72)(H,73,74)(H,77,78)(H,79,80)(H2,60,61,81)/t36?,37?,44-,45-,46-/m0/s1. The van der Waals surface area contributed by atoms with Crippen LogP contribution >= 0.6 is 11.8 Å². The lowest BCUT2D eigenvalue weighted by atomic mass is 9.81. The minimum absolute atomic E-state index is 0.0364. The average molecular weight is 1160 g/mol. The van der Waals surface area contributed by atoms with Crippen LogP contribution in [-0.2, 0) is 56.0 Å². The van der Waals surface area contributed by atoms with Gasteiger partial charge in [-0.1, -0.05) is 60.7 Å². The number of carboxylic acids is 6. The van der Waals surface area contributed by atoms with Gasteiger partial charge in [0, 0.05) is 89.1 Å². The van der Waals surface area contributed by atoms with Crippen LogP contribution in [0.5, 0.6) is 0 Å². The molecular weight excluding hydrogens is 1090 g/mol. The Kier molecular flexibility index (Phi) is 24.2. The fourth-order valence-electron chi connectivity index (χ4n) is 10.1. The molecule has 0 spiro atoms. The second-order valence-electron chi connectivity index (χ2n) is 20.6. The summed E-state index contributed by atoms with van der Waals surface area (Å²) in [6.45, 7) is 1.55. The molecule has 3 atom stereocenters. The topological polar surface area (TPSA) is 365 Å². The molecule has 1 aliphatic heterocycles. The first-order chi connectivity index (χ1) is 39.2. The highest BCUT2D eigenvalue weighted by atomic mass is 32.2. The molecule has 11 N–H and O–H groups in total. The summed E-state index contributed by atoms with van der Waals surface area (Å²) in [4.78, 5) is 132. The Morgan fingerprint density at radius 1 is 0.524 bits per heavy atom. The van der Waals surface area contributed by atoms with Gasteiger partial charge < -0.3 is 57.2 Å². The minimum atomic E-state index is -1.50. The van der Waals surface area contributed by atoms with Crippen LogP contribution in [0, 0.1) is 11.8 Å². The van der Waals surface area contributed by atoms with Crippen LogP contribution in [-0.4, -0.2) is 225 Å². The Bertz CT molecular complexity index is 2840. The molecule has 1 heterocycles. The van der Waals surface area contributed by atoms with Crippen molar-refractivity contribution in [2.75, 3.05) is 102 Å². The number of anilines is 1. The quantitative estimate of drug-likeness (QED) is 0.0398. The van der Waals surface area contributed by atoms with Gasteiger partial charge >= 0.3 is 41.8 Å². The molecule has 0 aromatic heterocycles. The molecule has 0 bridgehead atoms. The van der Waals surface area contributed by atoms with Crippen LogP contribution in [0.15, 0.2) is 78.9 Å². The van der Waals surface area contributed by atoms with Crippen molar-refractivity contribution >= 4 is 98.6 Å². The van der Waals surface area contributed by atoms with Gasteiger partial charge in [0.1, 0.15) is 18.1 Å². The fraction of sp³-hybridized carbons (Fsp3) is 0.464. The van der Waals surface area contributed by atoms with Crippen molar-refractivity contribution in [3.63, 3.8) is 0 Å². The highest BCUT2D eigenvalue weighted by Crippen LogP contribution is 2.32. The minimum Gasteiger partial charge on any atom is -0.481 e. The molecular formula is C56H71N9O16S. The smallest absolute Gasteiger partial charge is 0.327 e. The van der Waals surface area contributed by atoms with Crippen molar-refractivity contribution in [1.82, 2.24) is 40.9 Å². The summed E-state index contributed by atoms with van der Waals surface area (Å²) in [5.41, 5.74) is 1.62. The van der Waals surface area contributed by atoms with Crippen molar-refractivity contribution in [3.05, 3.63) is 90.0 Å². The van der Waals surface area contributed by atoms with E-state index >= 15 is 0 Å². The van der Waals surface area contributed by atoms with E-state index in [1.165, 1.54) is 0 Å². The lowest BCUT2D eigenvalue weighted by Gasteiger charge is -2.33. The monoisotopic (exact) mass is 1160 g/mol. The van der Waals surface area contributed by atoms with Gasteiger partial charge in [0.2, 0.25) is 17.7 Å².